The van der Waals surface area contributed by atoms with Crippen molar-refractivity contribution < 1.29 is 0 Å². The zero-order valence-electron chi connectivity index (χ0n) is 9.20. The SMILES string of the molecule is CC1CC1c1nc(CCNC2CC2)cs1. The summed E-state index contributed by atoms with van der Waals surface area (Å²) in [7, 11) is 0. The molecule has 2 aliphatic carbocycles. The number of aromatic nitrogens is 1. The van der Waals surface area contributed by atoms with Gasteiger partial charge in [0.15, 0.2) is 0 Å². The van der Waals surface area contributed by atoms with E-state index in [4.69, 9.17) is 4.98 Å². The summed E-state index contributed by atoms with van der Waals surface area (Å²) in [5.74, 6) is 1.67. The van der Waals surface area contributed by atoms with Crippen molar-refractivity contribution in [1.29, 1.82) is 0 Å². The molecule has 2 nitrogen and oxygen atoms in total. The van der Waals surface area contributed by atoms with Crippen LogP contribution in [0.2, 0.25) is 0 Å². The first-order valence-electron chi connectivity index (χ1n) is 6.00. The van der Waals surface area contributed by atoms with Gasteiger partial charge in [-0.1, -0.05) is 6.92 Å². The first-order chi connectivity index (χ1) is 7.33. The molecule has 2 saturated carbocycles. The average molecular weight is 222 g/mol. The molecule has 2 fully saturated rings. The van der Waals surface area contributed by atoms with Crippen LogP contribution in [0.25, 0.3) is 0 Å². The molecule has 15 heavy (non-hydrogen) atoms. The second-order valence-electron chi connectivity index (χ2n) is 4.97. The molecule has 1 aromatic heterocycles. The van der Waals surface area contributed by atoms with Crippen LogP contribution in [-0.4, -0.2) is 17.6 Å². The zero-order chi connectivity index (χ0) is 10.3. The fourth-order valence-corrected chi connectivity index (χ4v) is 3.07. The molecule has 2 atom stereocenters. The maximum atomic E-state index is 4.72. The molecule has 0 saturated heterocycles. The number of thiazole rings is 1. The van der Waals surface area contributed by atoms with Gasteiger partial charge in [0, 0.05) is 30.3 Å². The van der Waals surface area contributed by atoms with Crippen LogP contribution in [0.3, 0.4) is 0 Å². The van der Waals surface area contributed by atoms with E-state index in [1.54, 1.807) is 0 Å². The van der Waals surface area contributed by atoms with Crippen LogP contribution in [0.15, 0.2) is 5.38 Å². The Morgan fingerprint density at radius 1 is 1.53 bits per heavy atom. The maximum Gasteiger partial charge on any atom is 0.0962 e. The summed E-state index contributed by atoms with van der Waals surface area (Å²) in [6.07, 6.45) is 5.21. The quantitative estimate of drug-likeness (QED) is 0.828. The van der Waals surface area contributed by atoms with Gasteiger partial charge in [0.2, 0.25) is 0 Å². The zero-order valence-corrected chi connectivity index (χ0v) is 10.0. The van der Waals surface area contributed by atoms with E-state index in [-0.39, 0.29) is 0 Å². The van der Waals surface area contributed by atoms with Crippen molar-refractivity contribution >= 4 is 11.3 Å². The Labute approximate surface area is 95.1 Å². The van der Waals surface area contributed by atoms with Gasteiger partial charge in [-0.2, -0.15) is 0 Å². The summed E-state index contributed by atoms with van der Waals surface area (Å²) in [4.78, 5) is 4.72. The number of nitrogens with one attached hydrogen (secondary N) is 1. The molecule has 0 aromatic carbocycles. The summed E-state index contributed by atoms with van der Waals surface area (Å²) in [6.45, 7) is 3.43. The fourth-order valence-electron chi connectivity index (χ4n) is 1.97. The van der Waals surface area contributed by atoms with Crippen LogP contribution >= 0.6 is 11.3 Å². The Morgan fingerprint density at radius 3 is 3.00 bits per heavy atom. The van der Waals surface area contributed by atoms with Gasteiger partial charge in [-0.3, -0.25) is 0 Å². The van der Waals surface area contributed by atoms with Gasteiger partial charge in [0.1, 0.15) is 0 Å². The molecule has 0 radical (unpaired) electrons. The van der Waals surface area contributed by atoms with Crippen LogP contribution in [0, 0.1) is 5.92 Å². The van der Waals surface area contributed by atoms with Gasteiger partial charge in [-0.15, -0.1) is 11.3 Å². The largest absolute Gasteiger partial charge is 0.314 e. The van der Waals surface area contributed by atoms with Crippen LogP contribution in [-0.2, 0) is 6.42 Å². The number of hydrogen-bond acceptors (Lipinski definition) is 3. The third-order valence-electron chi connectivity index (χ3n) is 3.39. The Bertz CT molecular complexity index is 343. The molecule has 82 valence electrons. The Morgan fingerprint density at radius 2 is 2.33 bits per heavy atom. The van der Waals surface area contributed by atoms with Gasteiger partial charge in [-0.25, -0.2) is 4.98 Å². The van der Waals surface area contributed by atoms with Crippen LogP contribution in [0.1, 0.15) is 42.8 Å². The van der Waals surface area contributed by atoms with E-state index in [1.165, 1.54) is 30.0 Å². The maximum absolute atomic E-state index is 4.72. The minimum Gasteiger partial charge on any atom is -0.314 e. The van der Waals surface area contributed by atoms with Gasteiger partial charge >= 0.3 is 0 Å². The predicted molar refractivity (Wildman–Crippen MR) is 63.4 cm³/mol. The second kappa shape index (κ2) is 3.87. The highest BCUT2D eigenvalue weighted by Crippen LogP contribution is 2.47. The number of nitrogens with zero attached hydrogens (tertiary/aromatic N) is 1. The Kier molecular flexibility index (Phi) is 2.53. The average Bonchev–Trinajstić information content (AvgIpc) is 3.11. The molecule has 0 bridgehead atoms. The lowest BCUT2D eigenvalue weighted by Gasteiger charge is -1.98. The molecule has 1 aromatic rings. The Balaban J connectivity index is 1.49. The summed E-state index contributed by atoms with van der Waals surface area (Å²) in [5, 5.41) is 7.16. The highest BCUT2D eigenvalue weighted by atomic mass is 32.1. The van der Waals surface area contributed by atoms with E-state index < -0.39 is 0 Å². The third kappa shape index (κ3) is 2.40. The van der Waals surface area contributed by atoms with Crippen molar-refractivity contribution in [3.63, 3.8) is 0 Å². The van der Waals surface area contributed by atoms with E-state index in [0.29, 0.717) is 0 Å². The van der Waals surface area contributed by atoms with E-state index in [0.717, 1.165) is 30.8 Å². The van der Waals surface area contributed by atoms with Gasteiger partial charge in [0.05, 0.1) is 10.7 Å². The topological polar surface area (TPSA) is 24.9 Å². The normalized spacial score (nSPS) is 29.4. The van der Waals surface area contributed by atoms with Gasteiger partial charge in [-0.05, 0) is 25.2 Å². The summed E-state index contributed by atoms with van der Waals surface area (Å²) < 4.78 is 0. The first-order valence-corrected chi connectivity index (χ1v) is 6.88. The van der Waals surface area contributed by atoms with Crippen molar-refractivity contribution in [1.82, 2.24) is 10.3 Å². The van der Waals surface area contributed by atoms with E-state index in [2.05, 4.69) is 17.6 Å². The molecule has 3 heteroatoms. The van der Waals surface area contributed by atoms with Crippen molar-refractivity contribution in [3.8, 4) is 0 Å². The lowest BCUT2D eigenvalue weighted by Crippen LogP contribution is -2.19. The first kappa shape index (κ1) is 9.79. The van der Waals surface area contributed by atoms with E-state index >= 15 is 0 Å². The smallest absolute Gasteiger partial charge is 0.0962 e. The molecule has 0 aliphatic heterocycles. The number of rotatable bonds is 5. The van der Waals surface area contributed by atoms with Crippen molar-refractivity contribution in [2.45, 2.75) is 44.6 Å². The molecule has 3 rings (SSSR count). The predicted octanol–water partition coefficient (Wildman–Crippen LogP) is 2.56. The molecular formula is C12H18N2S. The summed E-state index contributed by atoms with van der Waals surface area (Å²) in [5.41, 5.74) is 1.29. The van der Waals surface area contributed by atoms with Crippen molar-refractivity contribution in [2.24, 2.45) is 5.92 Å². The molecule has 0 spiro atoms. The molecular weight excluding hydrogens is 204 g/mol. The van der Waals surface area contributed by atoms with Gasteiger partial charge < -0.3 is 5.32 Å². The summed E-state index contributed by atoms with van der Waals surface area (Å²) >= 11 is 1.86. The molecule has 1 heterocycles. The minimum atomic E-state index is 0.792. The summed E-state index contributed by atoms with van der Waals surface area (Å²) in [6, 6.07) is 0.826. The standard InChI is InChI=1S/C12H18N2S/c1-8-6-11(8)12-14-10(7-15-12)4-5-13-9-2-3-9/h7-9,11,13H,2-6H2,1H3. The van der Waals surface area contributed by atoms with Crippen LogP contribution < -0.4 is 5.32 Å². The highest BCUT2D eigenvalue weighted by molar-refractivity contribution is 7.09. The van der Waals surface area contributed by atoms with Crippen molar-refractivity contribution in [3.05, 3.63) is 16.1 Å². The molecule has 2 unspecified atom stereocenters. The fraction of sp³-hybridized carbons (Fsp3) is 0.750. The monoisotopic (exact) mass is 222 g/mol. The van der Waals surface area contributed by atoms with Crippen molar-refractivity contribution in [2.75, 3.05) is 6.54 Å². The minimum absolute atomic E-state index is 0.792. The lowest BCUT2D eigenvalue weighted by atomic mass is 10.3. The highest BCUT2D eigenvalue weighted by Gasteiger charge is 2.36. The lowest BCUT2D eigenvalue weighted by molar-refractivity contribution is 0.675. The van der Waals surface area contributed by atoms with E-state index in [1.807, 2.05) is 11.3 Å². The number of hydrogen-bond donors (Lipinski definition) is 1. The van der Waals surface area contributed by atoms with Gasteiger partial charge in [0.25, 0.3) is 0 Å². The second-order valence-corrected chi connectivity index (χ2v) is 5.86. The van der Waals surface area contributed by atoms with E-state index in [9.17, 15) is 0 Å². The van der Waals surface area contributed by atoms with Crippen LogP contribution in [0.5, 0.6) is 0 Å². The molecule has 2 aliphatic rings. The van der Waals surface area contributed by atoms with Crippen LogP contribution in [0.4, 0.5) is 0 Å². The Hall–Kier alpha value is -0.410. The third-order valence-corrected chi connectivity index (χ3v) is 4.41. The molecule has 1 N–H and O–H groups in total. The molecule has 0 amide bonds.